The Hall–Kier alpha value is -4.76. The molecule has 3 heterocycles. The molecule has 9 nitrogen and oxygen atoms in total. The van der Waals surface area contributed by atoms with Crippen molar-refractivity contribution in [2.24, 2.45) is 0 Å². The van der Waals surface area contributed by atoms with Gasteiger partial charge in [-0.15, -0.1) is 0 Å². The van der Waals surface area contributed by atoms with Gasteiger partial charge < -0.3 is 16.2 Å². The number of carbonyl (C=O) groups is 2. The summed E-state index contributed by atoms with van der Waals surface area (Å²) < 4.78 is 1.86. The zero-order chi connectivity index (χ0) is 28.9. The summed E-state index contributed by atoms with van der Waals surface area (Å²) >= 11 is 6.35. The number of carboxylic acid groups (broad SMARTS) is 1. The van der Waals surface area contributed by atoms with Crippen LogP contribution in [-0.2, 0) is 28.0 Å². The van der Waals surface area contributed by atoms with Gasteiger partial charge >= 0.3 is 5.97 Å². The fourth-order valence-corrected chi connectivity index (χ4v) is 5.51. The summed E-state index contributed by atoms with van der Waals surface area (Å²) in [6.45, 7) is 4.35. The minimum Gasteiger partial charge on any atom is -0.481 e. The molecule has 3 aromatic carbocycles. The average Bonchev–Trinajstić information content (AvgIpc) is 3.43. The Morgan fingerprint density at radius 1 is 1.05 bits per heavy atom. The second kappa shape index (κ2) is 10.0. The van der Waals surface area contributed by atoms with Gasteiger partial charge in [0.1, 0.15) is 22.7 Å². The Kier molecular flexibility index (Phi) is 6.46. The number of nitrogens with one attached hydrogen (secondary N) is 1. The first-order valence-electron chi connectivity index (χ1n) is 13.2. The summed E-state index contributed by atoms with van der Waals surface area (Å²) in [6.07, 6.45) is 0.435. The molecule has 1 amide bonds. The molecule has 1 atom stereocenters. The number of fused-ring (bicyclic) bond motifs is 2. The van der Waals surface area contributed by atoms with Crippen molar-refractivity contribution in [3.8, 4) is 11.5 Å². The molecule has 2 aromatic heterocycles. The number of rotatable bonds is 7. The van der Waals surface area contributed by atoms with Crippen LogP contribution in [0.1, 0.15) is 41.2 Å². The van der Waals surface area contributed by atoms with Gasteiger partial charge in [-0.2, -0.15) is 5.10 Å². The van der Waals surface area contributed by atoms with Crippen molar-refractivity contribution in [3.63, 3.8) is 0 Å². The number of carbonyl (C=O) groups excluding carboxylic acids is 1. The fraction of sp³-hybridized carbons (Fsp3) is 0.194. The number of nitrogens with zero attached hydrogens (tertiary/aromatic N) is 4. The molecular formula is C31H27ClN6O3. The molecule has 4 N–H and O–H groups in total. The highest BCUT2D eigenvalue weighted by molar-refractivity contribution is 6.31. The zero-order valence-electron chi connectivity index (χ0n) is 22.5. The van der Waals surface area contributed by atoms with Gasteiger partial charge in [-0.05, 0) is 55.2 Å². The Morgan fingerprint density at radius 2 is 1.76 bits per heavy atom. The molecule has 5 aromatic rings. The number of amides is 1. The van der Waals surface area contributed by atoms with Crippen molar-refractivity contribution in [1.82, 2.24) is 19.7 Å². The number of nitrogens with two attached hydrogens (primary N) is 1. The number of nitrogen functional groups attached to an aromatic ring is 1. The van der Waals surface area contributed by atoms with E-state index in [2.05, 4.69) is 34.6 Å². The number of aliphatic carboxylic acids is 1. The normalized spacial score (nSPS) is 16.1. The van der Waals surface area contributed by atoms with Gasteiger partial charge in [0, 0.05) is 16.8 Å². The number of benzene rings is 3. The maximum Gasteiger partial charge on any atom is 0.303 e. The predicted octanol–water partition coefficient (Wildman–Crippen LogP) is 5.36. The van der Waals surface area contributed by atoms with Gasteiger partial charge in [-0.25, -0.2) is 9.97 Å². The van der Waals surface area contributed by atoms with E-state index in [0.29, 0.717) is 46.5 Å². The summed E-state index contributed by atoms with van der Waals surface area (Å²) in [5.41, 5.74) is 11.1. The number of hydrogen-bond acceptors (Lipinski definition) is 6. The topological polar surface area (TPSA) is 136 Å². The summed E-state index contributed by atoms with van der Waals surface area (Å²) in [7, 11) is 0. The van der Waals surface area contributed by atoms with E-state index < -0.39 is 11.4 Å². The van der Waals surface area contributed by atoms with Gasteiger partial charge in [0.2, 0.25) is 5.91 Å². The number of carboxylic acids is 1. The van der Waals surface area contributed by atoms with Gasteiger partial charge in [0.05, 0.1) is 17.6 Å². The van der Waals surface area contributed by atoms with Crippen molar-refractivity contribution < 1.29 is 14.7 Å². The number of hydrogen-bond donors (Lipinski definition) is 3. The maximum absolute atomic E-state index is 13.4. The SMILES string of the molecule is Cc1ccc(Cn2nc(-c3nc(N)c4c(n3)NC(=O)C4(C)c3ccc(CCC(=O)O)cc3)c3ccc(Cl)cc32)cc1. The first-order valence-corrected chi connectivity index (χ1v) is 13.5. The minimum atomic E-state index is -1.12. The molecule has 0 saturated carbocycles. The van der Waals surface area contributed by atoms with E-state index in [0.717, 1.165) is 22.0 Å². The van der Waals surface area contributed by atoms with E-state index in [1.807, 2.05) is 48.0 Å². The van der Waals surface area contributed by atoms with Crippen molar-refractivity contribution in [2.75, 3.05) is 11.1 Å². The largest absolute Gasteiger partial charge is 0.481 e. The van der Waals surface area contributed by atoms with Crippen LogP contribution in [0.4, 0.5) is 11.6 Å². The smallest absolute Gasteiger partial charge is 0.303 e. The third-order valence-corrected chi connectivity index (χ3v) is 7.90. The molecule has 6 rings (SSSR count). The van der Waals surface area contributed by atoms with Crippen LogP contribution in [0.15, 0.2) is 66.7 Å². The van der Waals surface area contributed by atoms with Crippen LogP contribution in [0.5, 0.6) is 0 Å². The fourth-order valence-electron chi connectivity index (χ4n) is 5.34. The molecule has 0 bridgehead atoms. The van der Waals surface area contributed by atoms with Gasteiger partial charge in [0.15, 0.2) is 5.82 Å². The highest BCUT2D eigenvalue weighted by Gasteiger charge is 2.47. The summed E-state index contributed by atoms with van der Waals surface area (Å²) in [4.78, 5) is 33.7. The summed E-state index contributed by atoms with van der Waals surface area (Å²) in [6, 6.07) is 21.1. The highest BCUT2D eigenvalue weighted by Crippen LogP contribution is 2.45. The van der Waals surface area contributed by atoms with E-state index >= 15 is 0 Å². The van der Waals surface area contributed by atoms with Crippen molar-refractivity contribution in [2.45, 2.75) is 38.6 Å². The molecule has 0 aliphatic carbocycles. The molecule has 1 aliphatic heterocycles. The van der Waals surface area contributed by atoms with Crippen LogP contribution in [0, 0.1) is 6.92 Å². The molecule has 0 radical (unpaired) electrons. The molecule has 0 spiro atoms. The highest BCUT2D eigenvalue weighted by atomic mass is 35.5. The van der Waals surface area contributed by atoms with E-state index in [1.54, 1.807) is 13.0 Å². The average molecular weight is 567 g/mol. The monoisotopic (exact) mass is 566 g/mol. The predicted molar refractivity (Wildman–Crippen MR) is 158 cm³/mol. The quantitative estimate of drug-likeness (QED) is 0.241. The number of aryl methyl sites for hydroxylation is 2. The first-order chi connectivity index (χ1) is 19.6. The van der Waals surface area contributed by atoms with Crippen LogP contribution in [0.2, 0.25) is 5.02 Å². The van der Waals surface area contributed by atoms with Crippen LogP contribution < -0.4 is 11.1 Å². The molecule has 10 heteroatoms. The van der Waals surface area contributed by atoms with Crippen LogP contribution in [0.25, 0.3) is 22.4 Å². The minimum absolute atomic E-state index is 0.0329. The maximum atomic E-state index is 13.4. The molecular weight excluding hydrogens is 540 g/mol. The van der Waals surface area contributed by atoms with E-state index in [9.17, 15) is 9.59 Å². The summed E-state index contributed by atoms with van der Waals surface area (Å²) in [5.74, 6) is -0.321. The summed E-state index contributed by atoms with van der Waals surface area (Å²) in [5, 5.41) is 18.1. The van der Waals surface area contributed by atoms with Gasteiger partial charge in [-0.3, -0.25) is 14.3 Å². The lowest BCUT2D eigenvalue weighted by Gasteiger charge is -2.23. The molecule has 1 aliphatic rings. The third-order valence-electron chi connectivity index (χ3n) is 7.66. The Bertz CT molecular complexity index is 1830. The molecule has 1 unspecified atom stereocenters. The molecule has 206 valence electrons. The van der Waals surface area contributed by atoms with Gasteiger partial charge in [-0.1, -0.05) is 65.7 Å². The lowest BCUT2D eigenvalue weighted by molar-refractivity contribution is -0.137. The van der Waals surface area contributed by atoms with Crippen LogP contribution in [-0.4, -0.2) is 36.7 Å². The Labute approximate surface area is 241 Å². The zero-order valence-corrected chi connectivity index (χ0v) is 23.2. The lowest BCUT2D eigenvalue weighted by atomic mass is 9.77. The first kappa shape index (κ1) is 26.5. The second-order valence-corrected chi connectivity index (χ2v) is 10.9. The molecule has 0 saturated heterocycles. The van der Waals surface area contributed by atoms with Crippen LogP contribution >= 0.6 is 11.6 Å². The second-order valence-electron chi connectivity index (χ2n) is 10.5. The number of anilines is 2. The molecule has 41 heavy (non-hydrogen) atoms. The van der Waals surface area contributed by atoms with Crippen LogP contribution in [0.3, 0.4) is 0 Å². The van der Waals surface area contributed by atoms with Gasteiger partial charge in [0.25, 0.3) is 0 Å². The third kappa shape index (κ3) is 4.68. The lowest BCUT2D eigenvalue weighted by Crippen LogP contribution is -2.33. The van der Waals surface area contributed by atoms with Crippen molar-refractivity contribution >= 4 is 46.0 Å². The van der Waals surface area contributed by atoms with Crippen molar-refractivity contribution in [1.29, 1.82) is 0 Å². The number of aromatic nitrogens is 4. The van der Waals surface area contributed by atoms with Crippen molar-refractivity contribution in [3.05, 3.63) is 99.6 Å². The standard InChI is InChI=1S/C31H27ClN6O3/c1-17-3-5-19(6-4-17)16-38-23-15-21(32)12-13-22(23)26(37-38)29-34-27(33)25-28(35-29)36-30(41)31(25,2)20-10-7-18(8-11-20)9-14-24(39)40/h3-8,10-13,15H,9,14,16H2,1-2H3,(H,39,40)(H3,33,34,35,36,41). The number of halogens is 1. The Balaban J connectivity index is 1.40. The van der Waals surface area contributed by atoms with E-state index in [-0.39, 0.29) is 18.1 Å². The Morgan fingerprint density at radius 3 is 2.46 bits per heavy atom. The van der Waals surface area contributed by atoms with E-state index in [1.165, 1.54) is 5.56 Å². The van der Waals surface area contributed by atoms with E-state index in [4.69, 9.17) is 32.5 Å². The molecule has 0 fully saturated rings.